The molecule has 4 heteroatoms. The molecule has 1 rings (SSSR count). The van der Waals surface area contributed by atoms with Gasteiger partial charge in [0.2, 0.25) is 0 Å². The molecule has 1 aliphatic heterocycles. The zero-order valence-corrected chi connectivity index (χ0v) is 9.78. The van der Waals surface area contributed by atoms with E-state index in [0.29, 0.717) is 0 Å². The van der Waals surface area contributed by atoms with E-state index in [1.165, 1.54) is 0 Å². The van der Waals surface area contributed by atoms with E-state index in [9.17, 15) is 4.79 Å². The molecule has 88 valence electrons. The van der Waals surface area contributed by atoms with Gasteiger partial charge < -0.3 is 10.0 Å². The Kier molecular flexibility index (Phi) is 5.05. The molecule has 1 atom stereocenters. The lowest BCUT2D eigenvalue weighted by Crippen LogP contribution is -2.37. The molecule has 0 amide bonds. The molecule has 1 saturated heterocycles. The van der Waals surface area contributed by atoms with Crippen LogP contribution in [0.2, 0.25) is 0 Å². The molecule has 1 aliphatic rings. The molecule has 0 radical (unpaired) electrons. The number of aliphatic carboxylic acids is 1. The topological polar surface area (TPSA) is 43.8 Å². The number of carboxylic acids is 1. The maximum atomic E-state index is 10.6. The zero-order valence-electron chi connectivity index (χ0n) is 9.78. The highest BCUT2D eigenvalue weighted by atomic mass is 16.4. The van der Waals surface area contributed by atoms with Crippen LogP contribution >= 0.6 is 0 Å². The third-order valence-corrected chi connectivity index (χ3v) is 3.16. The second-order valence-electron chi connectivity index (χ2n) is 4.27. The van der Waals surface area contributed by atoms with Crippen molar-refractivity contribution >= 4 is 5.97 Å². The number of carboxylic acid groups (broad SMARTS) is 1. The van der Waals surface area contributed by atoms with Crippen LogP contribution in [0.1, 0.15) is 26.7 Å². The number of hydrogen-bond acceptors (Lipinski definition) is 3. The van der Waals surface area contributed by atoms with Crippen molar-refractivity contribution in [3.8, 4) is 0 Å². The summed E-state index contributed by atoms with van der Waals surface area (Å²) in [5.74, 6) is -0.695. The predicted molar refractivity (Wildman–Crippen MR) is 60.0 cm³/mol. The standard InChI is InChI=1S/C11H22N2O2/c1-3-12-5-4-6-13(8-7-12)10(2)9-11(14)15/h10H,3-9H2,1-2H3,(H,14,15). The number of nitrogens with zero attached hydrogens (tertiary/aromatic N) is 2. The molecule has 4 nitrogen and oxygen atoms in total. The quantitative estimate of drug-likeness (QED) is 0.754. The Balaban J connectivity index is 2.39. The van der Waals surface area contributed by atoms with Gasteiger partial charge in [-0.3, -0.25) is 9.69 Å². The van der Waals surface area contributed by atoms with Gasteiger partial charge in [0.15, 0.2) is 0 Å². The fourth-order valence-corrected chi connectivity index (χ4v) is 2.13. The van der Waals surface area contributed by atoms with Gasteiger partial charge in [0.05, 0.1) is 6.42 Å². The lowest BCUT2D eigenvalue weighted by atomic mass is 10.2. The molecule has 1 fully saturated rings. The van der Waals surface area contributed by atoms with Gasteiger partial charge in [0, 0.05) is 19.1 Å². The Labute approximate surface area is 91.9 Å². The summed E-state index contributed by atoms with van der Waals surface area (Å²) >= 11 is 0. The van der Waals surface area contributed by atoms with E-state index in [1.807, 2.05) is 6.92 Å². The van der Waals surface area contributed by atoms with Gasteiger partial charge in [-0.15, -0.1) is 0 Å². The molecule has 0 aromatic carbocycles. The largest absolute Gasteiger partial charge is 0.481 e. The average Bonchev–Trinajstić information content (AvgIpc) is 2.41. The second-order valence-corrected chi connectivity index (χ2v) is 4.27. The van der Waals surface area contributed by atoms with Crippen molar-refractivity contribution in [3.05, 3.63) is 0 Å². The van der Waals surface area contributed by atoms with E-state index in [-0.39, 0.29) is 12.5 Å². The highest BCUT2D eigenvalue weighted by molar-refractivity contribution is 5.67. The minimum absolute atomic E-state index is 0.166. The Hall–Kier alpha value is -0.610. The van der Waals surface area contributed by atoms with E-state index in [4.69, 9.17) is 5.11 Å². The number of carbonyl (C=O) groups is 1. The summed E-state index contributed by atoms with van der Waals surface area (Å²) in [6.45, 7) is 9.54. The highest BCUT2D eigenvalue weighted by Crippen LogP contribution is 2.09. The third-order valence-electron chi connectivity index (χ3n) is 3.16. The van der Waals surface area contributed by atoms with Crippen molar-refractivity contribution in [2.45, 2.75) is 32.7 Å². The zero-order chi connectivity index (χ0) is 11.3. The van der Waals surface area contributed by atoms with Crippen LogP contribution < -0.4 is 0 Å². The summed E-state index contributed by atoms with van der Waals surface area (Å²) in [6.07, 6.45) is 1.41. The van der Waals surface area contributed by atoms with E-state index in [1.54, 1.807) is 0 Å². The van der Waals surface area contributed by atoms with Crippen molar-refractivity contribution < 1.29 is 9.90 Å². The first-order valence-electron chi connectivity index (χ1n) is 5.81. The van der Waals surface area contributed by atoms with Gasteiger partial charge in [-0.25, -0.2) is 0 Å². The summed E-state index contributed by atoms with van der Waals surface area (Å²) in [5.41, 5.74) is 0. The summed E-state index contributed by atoms with van der Waals surface area (Å²) < 4.78 is 0. The van der Waals surface area contributed by atoms with E-state index >= 15 is 0 Å². The summed E-state index contributed by atoms with van der Waals surface area (Å²) in [6, 6.07) is 0.166. The first kappa shape index (κ1) is 12.5. The fourth-order valence-electron chi connectivity index (χ4n) is 2.13. The molecule has 1 unspecified atom stereocenters. The molecule has 15 heavy (non-hydrogen) atoms. The van der Waals surface area contributed by atoms with Gasteiger partial charge in [-0.1, -0.05) is 6.92 Å². The van der Waals surface area contributed by atoms with Crippen LogP contribution in [0.25, 0.3) is 0 Å². The van der Waals surface area contributed by atoms with Gasteiger partial charge >= 0.3 is 5.97 Å². The van der Waals surface area contributed by atoms with Crippen LogP contribution in [0, 0.1) is 0 Å². The molecular formula is C11H22N2O2. The summed E-state index contributed by atoms with van der Waals surface area (Å²) in [5, 5.41) is 8.75. The van der Waals surface area contributed by atoms with E-state index < -0.39 is 5.97 Å². The molecular weight excluding hydrogens is 192 g/mol. The van der Waals surface area contributed by atoms with Crippen LogP contribution in [0.4, 0.5) is 0 Å². The smallest absolute Gasteiger partial charge is 0.304 e. The molecule has 0 aromatic heterocycles. The van der Waals surface area contributed by atoms with E-state index in [0.717, 1.165) is 39.1 Å². The monoisotopic (exact) mass is 214 g/mol. The van der Waals surface area contributed by atoms with Gasteiger partial charge in [0.25, 0.3) is 0 Å². The first-order chi connectivity index (χ1) is 7.13. The third kappa shape index (κ3) is 4.18. The molecule has 0 aromatic rings. The van der Waals surface area contributed by atoms with Crippen molar-refractivity contribution in [1.29, 1.82) is 0 Å². The second kappa shape index (κ2) is 6.08. The van der Waals surface area contributed by atoms with Crippen molar-refractivity contribution in [2.24, 2.45) is 0 Å². The molecule has 0 bridgehead atoms. The maximum absolute atomic E-state index is 10.6. The Bertz CT molecular complexity index is 209. The highest BCUT2D eigenvalue weighted by Gasteiger charge is 2.19. The van der Waals surface area contributed by atoms with Gasteiger partial charge in [-0.2, -0.15) is 0 Å². The normalized spacial score (nSPS) is 22.3. The lowest BCUT2D eigenvalue weighted by Gasteiger charge is -2.26. The minimum atomic E-state index is -0.695. The Morgan fingerprint density at radius 3 is 2.67 bits per heavy atom. The van der Waals surface area contributed by atoms with Crippen molar-refractivity contribution in [2.75, 3.05) is 32.7 Å². The molecule has 0 saturated carbocycles. The average molecular weight is 214 g/mol. The number of rotatable bonds is 4. The predicted octanol–water partition coefficient (Wildman–Crippen LogP) is 0.877. The first-order valence-corrected chi connectivity index (χ1v) is 5.81. The maximum Gasteiger partial charge on any atom is 0.304 e. The number of likely N-dealkylation sites (N-methyl/N-ethyl adjacent to an activating group) is 1. The number of hydrogen-bond donors (Lipinski definition) is 1. The summed E-state index contributed by atoms with van der Waals surface area (Å²) in [4.78, 5) is 15.3. The molecule has 0 aliphatic carbocycles. The van der Waals surface area contributed by atoms with Gasteiger partial charge in [-0.05, 0) is 33.0 Å². The fraction of sp³-hybridized carbons (Fsp3) is 0.909. The van der Waals surface area contributed by atoms with Crippen LogP contribution in [0.5, 0.6) is 0 Å². The summed E-state index contributed by atoms with van der Waals surface area (Å²) in [7, 11) is 0. The van der Waals surface area contributed by atoms with Crippen molar-refractivity contribution in [1.82, 2.24) is 9.80 Å². The van der Waals surface area contributed by atoms with Crippen LogP contribution in [-0.4, -0.2) is 59.6 Å². The van der Waals surface area contributed by atoms with E-state index in [2.05, 4.69) is 16.7 Å². The molecule has 1 N–H and O–H groups in total. The van der Waals surface area contributed by atoms with Crippen LogP contribution in [-0.2, 0) is 4.79 Å². The SMILES string of the molecule is CCN1CCCN(C(C)CC(=O)O)CC1. The Morgan fingerprint density at radius 1 is 1.33 bits per heavy atom. The molecule has 1 heterocycles. The van der Waals surface area contributed by atoms with Gasteiger partial charge in [0.1, 0.15) is 0 Å². The minimum Gasteiger partial charge on any atom is -0.481 e. The van der Waals surface area contributed by atoms with Crippen LogP contribution in [0.3, 0.4) is 0 Å². The Morgan fingerprint density at radius 2 is 2.07 bits per heavy atom. The van der Waals surface area contributed by atoms with Crippen molar-refractivity contribution in [3.63, 3.8) is 0 Å². The molecule has 0 spiro atoms. The lowest BCUT2D eigenvalue weighted by molar-refractivity contribution is -0.138. The van der Waals surface area contributed by atoms with Crippen LogP contribution in [0.15, 0.2) is 0 Å².